The van der Waals surface area contributed by atoms with Crippen LogP contribution in [-0.2, 0) is 0 Å². The Bertz CT molecular complexity index is 658. The maximum Gasteiger partial charge on any atom is 0.257 e. The van der Waals surface area contributed by atoms with Crippen molar-refractivity contribution >= 4 is 5.91 Å². The zero-order valence-corrected chi connectivity index (χ0v) is 13.2. The Hall–Kier alpha value is -2.34. The third kappa shape index (κ3) is 3.22. The second kappa shape index (κ2) is 6.83. The first-order valence-corrected chi connectivity index (χ1v) is 7.81. The number of carbonyl (C=O) groups is 1. The van der Waals surface area contributed by atoms with Crippen molar-refractivity contribution in [2.75, 3.05) is 26.8 Å². The summed E-state index contributed by atoms with van der Waals surface area (Å²) in [6, 6.07) is 7.52. The molecular formula is C17H21N3O3. The quantitative estimate of drug-likeness (QED) is 0.903. The van der Waals surface area contributed by atoms with Crippen LogP contribution in [0.2, 0.25) is 0 Å². The zero-order valence-electron chi connectivity index (χ0n) is 13.2. The molecule has 6 heteroatoms. The molecule has 0 bridgehead atoms. The highest BCUT2D eigenvalue weighted by Crippen LogP contribution is 2.26. The van der Waals surface area contributed by atoms with E-state index in [4.69, 9.17) is 4.74 Å². The van der Waals surface area contributed by atoms with Gasteiger partial charge in [-0.3, -0.25) is 9.89 Å². The number of nitrogens with zero attached hydrogens (tertiary/aromatic N) is 2. The Morgan fingerprint density at radius 2 is 2.04 bits per heavy atom. The summed E-state index contributed by atoms with van der Waals surface area (Å²) < 4.78 is 5.16. The summed E-state index contributed by atoms with van der Waals surface area (Å²) in [7, 11) is 1.62. The molecule has 0 spiro atoms. The number of ether oxygens (including phenoxy) is 1. The molecule has 6 nitrogen and oxygen atoms in total. The van der Waals surface area contributed by atoms with Crippen molar-refractivity contribution in [3.8, 4) is 17.0 Å². The lowest BCUT2D eigenvalue weighted by atomic mass is 9.97. The van der Waals surface area contributed by atoms with E-state index in [1.807, 2.05) is 29.2 Å². The Balaban J connectivity index is 1.78. The van der Waals surface area contributed by atoms with Gasteiger partial charge in [-0.05, 0) is 43.0 Å². The van der Waals surface area contributed by atoms with Gasteiger partial charge in [-0.1, -0.05) is 0 Å². The van der Waals surface area contributed by atoms with Crippen LogP contribution in [0, 0.1) is 5.92 Å². The Morgan fingerprint density at radius 1 is 1.35 bits per heavy atom. The van der Waals surface area contributed by atoms with E-state index in [-0.39, 0.29) is 12.5 Å². The van der Waals surface area contributed by atoms with Crippen molar-refractivity contribution in [2.45, 2.75) is 12.8 Å². The number of aromatic nitrogens is 2. The maximum atomic E-state index is 12.8. The molecule has 0 aliphatic carbocycles. The van der Waals surface area contributed by atoms with E-state index in [1.54, 1.807) is 13.3 Å². The average molecular weight is 315 g/mol. The minimum atomic E-state index is -0.0130. The van der Waals surface area contributed by atoms with Crippen molar-refractivity contribution in [2.24, 2.45) is 5.92 Å². The standard InChI is InChI=1S/C17H21N3O3/c1-23-14-4-2-13(3-5-14)16-15(10-18-19-16)17(22)20-8-6-12(11-21)7-9-20/h2-5,10,12,21H,6-9,11H2,1H3,(H,18,19). The molecule has 23 heavy (non-hydrogen) atoms. The van der Waals surface area contributed by atoms with Gasteiger partial charge >= 0.3 is 0 Å². The molecule has 1 aliphatic rings. The number of amides is 1. The fourth-order valence-corrected chi connectivity index (χ4v) is 2.92. The van der Waals surface area contributed by atoms with Gasteiger partial charge in [-0.25, -0.2) is 0 Å². The summed E-state index contributed by atoms with van der Waals surface area (Å²) in [5.74, 6) is 1.07. The molecule has 1 aliphatic heterocycles. The predicted molar refractivity (Wildman–Crippen MR) is 86.3 cm³/mol. The number of benzene rings is 1. The van der Waals surface area contributed by atoms with Crippen LogP contribution in [0.4, 0.5) is 0 Å². The number of aliphatic hydroxyl groups is 1. The highest BCUT2D eigenvalue weighted by molar-refractivity contribution is 5.99. The van der Waals surface area contributed by atoms with E-state index in [2.05, 4.69) is 10.2 Å². The number of hydrogen-bond donors (Lipinski definition) is 2. The van der Waals surface area contributed by atoms with Gasteiger partial charge in [0.15, 0.2) is 0 Å². The van der Waals surface area contributed by atoms with Gasteiger partial charge in [0, 0.05) is 25.3 Å². The van der Waals surface area contributed by atoms with Gasteiger partial charge in [0.1, 0.15) is 5.75 Å². The molecule has 1 amide bonds. The molecule has 0 atom stereocenters. The van der Waals surface area contributed by atoms with Crippen molar-refractivity contribution in [3.05, 3.63) is 36.0 Å². The fraction of sp³-hybridized carbons (Fsp3) is 0.412. The molecule has 1 saturated heterocycles. The number of methoxy groups -OCH3 is 1. The maximum absolute atomic E-state index is 12.8. The van der Waals surface area contributed by atoms with E-state index in [0.717, 1.165) is 29.8 Å². The Labute approximate surface area is 135 Å². The summed E-state index contributed by atoms with van der Waals surface area (Å²) in [5.41, 5.74) is 2.21. The number of nitrogens with one attached hydrogen (secondary N) is 1. The third-order valence-electron chi connectivity index (χ3n) is 4.41. The van der Waals surface area contributed by atoms with E-state index < -0.39 is 0 Å². The lowest BCUT2D eigenvalue weighted by molar-refractivity contribution is 0.0651. The number of H-pyrrole nitrogens is 1. The molecule has 2 N–H and O–H groups in total. The number of likely N-dealkylation sites (tertiary alicyclic amines) is 1. The smallest absolute Gasteiger partial charge is 0.257 e. The van der Waals surface area contributed by atoms with Crippen LogP contribution in [0.1, 0.15) is 23.2 Å². The van der Waals surface area contributed by atoms with Crippen LogP contribution in [0.5, 0.6) is 5.75 Å². The molecule has 1 fully saturated rings. The van der Waals surface area contributed by atoms with Crippen LogP contribution in [0.3, 0.4) is 0 Å². The summed E-state index contributed by atoms with van der Waals surface area (Å²) in [6.07, 6.45) is 3.27. The first-order valence-electron chi connectivity index (χ1n) is 7.81. The predicted octanol–water partition coefficient (Wildman–Crippen LogP) is 1.93. The minimum absolute atomic E-state index is 0.0130. The normalized spacial score (nSPS) is 15.7. The molecular weight excluding hydrogens is 294 g/mol. The van der Waals surface area contributed by atoms with Crippen LogP contribution < -0.4 is 4.74 Å². The molecule has 1 aromatic heterocycles. The molecule has 122 valence electrons. The molecule has 0 radical (unpaired) electrons. The number of aliphatic hydroxyl groups excluding tert-OH is 1. The molecule has 1 aromatic carbocycles. The summed E-state index contributed by atoms with van der Waals surface area (Å²) >= 11 is 0. The lowest BCUT2D eigenvalue weighted by Crippen LogP contribution is -2.39. The Kier molecular flexibility index (Phi) is 4.62. The van der Waals surface area contributed by atoms with E-state index >= 15 is 0 Å². The fourth-order valence-electron chi connectivity index (χ4n) is 2.92. The summed E-state index contributed by atoms with van der Waals surface area (Å²) in [4.78, 5) is 14.6. The zero-order chi connectivity index (χ0) is 16.2. The van der Waals surface area contributed by atoms with Crippen molar-refractivity contribution in [1.82, 2.24) is 15.1 Å². The summed E-state index contributed by atoms with van der Waals surface area (Å²) in [5, 5.41) is 16.2. The first kappa shape index (κ1) is 15.6. The average Bonchev–Trinajstić information content (AvgIpc) is 3.11. The molecule has 2 aromatic rings. The topological polar surface area (TPSA) is 78.5 Å². The first-order chi connectivity index (χ1) is 11.2. The second-order valence-corrected chi connectivity index (χ2v) is 5.81. The number of carbonyl (C=O) groups excluding carboxylic acids is 1. The molecule has 2 heterocycles. The van der Waals surface area contributed by atoms with Crippen molar-refractivity contribution < 1.29 is 14.6 Å². The van der Waals surface area contributed by atoms with Crippen LogP contribution in [0.15, 0.2) is 30.5 Å². The largest absolute Gasteiger partial charge is 0.497 e. The van der Waals surface area contributed by atoms with Crippen LogP contribution >= 0.6 is 0 Å². The number of hydrogen-bond acceptors (Lipinski definition) is 4. The van der Waals surface area contributed by atoms with Gasteiger partial charge in [0.25, 0.3) is 5.91 Å². The van der Waals surface area contributed by atoms with Crippen molar-refractivity contribution in [1.29, 1.82) is 0 Å². The highest BCUT2D eigenvalue weighted by atomic mass is 16.5. The second-order valence-electron chi connectivity index (χ2n) is 5.81. The molecule has 0 saturated carbocycles. The van der Waals surface area contributed by atoms with Gasteiger partial charge in [0.05, 0.1) is 24.6 Å². The Morgan fingerprint density at radius 3 is 2.65 bits per heavy atom. The van der Waals surface area contributed by atoms with Gasteiger partial charge in [0.2, 0.25) is 0 Å². The van der Waals surface area contributed by atoms with E-state index in [1.165, 1.54) is 0 Å². The van der Waals surface area contributed by atoms with Crippen molar-refractivity contribution in [3.63, 3.8) is 0 Å². The van der Waals surface area contributed by atoms with Gasteiger partial charge < -0.3 is 14.7 Å². The van der Waals surface area contributed by atoms with Gasteiger partial charge in [-0.15, -0.1) is 0 Å². The monoisotopic (exact) mass is 315 g/mol. The van der Waals surface area contributed by atoms with Gasteiger partial charge in [-0.2, -0.15) is 5.10 Å². The number of rotatable bonds is 4. The van der Waals surface area contributed by atoms with Crippen LogP contribution in [0.25, 0.3) is 11.3 Å². The molecule has 0 unspecified atom stereocenters. The molecule has 3 rings (SSSR count). The lowest BCUT2D eigenvalue weighted by Gasteiger charge is -2.31. The van der Waals surface area contributed by atoms with E-state index in [0.29, 0.717) is 24.6 Å². The number of piperidine rings is 1. The number of aromatic amines is 1. The SMILES string of the molecule is COc1ccc(-c2[nH]ncc2C(=O)N2CCC(CO)CC2)cc1. The highest BCUT2D eigenvalue weighted by Gasteiger charge is 2.25. The minimum Gasteiger partial charge on any atom is -0.497 e. The van der Waals surface area contributed by atoms with E-state index in [9.17, 15) is 9.90 Å². The summed E-state index contributed by atoms with van der Waals surface area (Å²) in [6.45, 7) is 1.55. The van der Waals surface area contributed by atoms with Crippen LogP contribution in [-0.4, -0.2) is 52.9 Å². The third-order valence-corrected chi connectivity index (χ3v) is 4.41.